The third kappa shape index (κ3) is 3.43. The second-order valence-electron chi connectivity index (χ2n) is 5.66. The van der Waals surface area contributed by atoms with E-state index in [0.717, 1.165) is 23.2 Å². The van der Waals surface area contributed by atoms with E-state index in [9.17, 15) is 4.79 Å². The smallest absolute Gasteiger partial charge is 0.233 e. The average Bonchev–Trinajstić information content (AvgIpc) is 3.16. The fourth-order valence-electron chi connectivity index (χ4n) is 2.77. The van der Waals surface area contributed by atoms with Crippen molar-refractivity contribution in [2.24, 2.45) is 0 Å². The van der Waals surface area contributed by atoms with Crippen LogP contribution in [0, 0.1) is 6.92 Å². The Balaban J connectivity index is 1.85. The van der Waals surface area contributed by atoms with E-state index in [1.54, 1.807) is 18.9 Å². The fraction of sp³-hybridized carbons (Fsp3) is 0.412. The summed E-state index contributed by atoms with van der Waals surface area (Å²) in [6.07, 6.45) is 2.69. The highest BCUT2D eigenvalue weighted by Crippen LogP contribution is 2.41. The Labute approximate surface area is 140 Å². The minimum Gasteiger partial charge on any atom is -0.385 e. The highest BCUT2D eigenvalue weighted by Gasteiger charge is 2.34. The molecule has 6 heteroatoms. The van der Waals surface area contributed by atoms with Crippen molar-refractivity contribution in [1.29, 1.82) is 0 Å². The number of carbonyl (C=O) groups is 1. The van der Waals surface area contributed by atoms with E-state index in [1.165, 1.54) is 5.56 Å². The van der Waals surface area contributed by atoms with Crippen LogP contribution < -0.4 is 0 Å². The summed E-state index contributed by atoms with van der Waals surface area (Å²) in [6.45, 7) is 3.45. The number of H-pyrrole nitrogens is 1. The maximum atomic E-state index is 12.2. The Kier molecular flexibility index (Phi) is 5.03. The van der Waals surface area contributed by atoms with Gasteiger partial charge in [0.25, 0.3) is 0 Å². The lowest BCUT2D eigenvalue weighted by Crippen LogP contribution is -2.29. The van der Waals surface area contributed by atoms with E-state index in [2.05, 4.69) is 41.4 Å². The van der Waals surface area contributed by atoms with Gasteiger partial charge in [0.1, 0.15) is 5.37 Å². The largest absolute Gasteiger partial charge is 0.385 e. The molecule has 0 saturated carbocycles. The predicted molar refractivity (Wildman–Crippen MR) is 92.2 cm³/mol. The normalized spacial score (nSPS) is 17.9. The van der Waals surface area contributed by atoms with Crippen LogP contribution in [-0.2, 0) is 9.53 Å². The second kappa shape index (κ2) is 7.19. The van der Waals surface area contributed by atoms with E-state index in [4.69, 9.17) is 4.74 Å². The van der Waals surface area contributed by atoms with Crippen molar-refractivity contribution in [3.63, 3.8) is 0 Å². The SMILES string of the molecule is COCCCN1C(=O)CSC1c1cn[nH]c1-c1ccc(C)cc1. The summed E-state index contributed by atoms with van der Waals surface area (Å²) in [5.41, 5.74) is 4.39. The fourth-order valence-corrected chi connectivity index (χ4v) is 3.99. The van der Waals surface area contributed by atoms with Gasteiger partial charge in [-0.25, -0.2) is 0 Å². The predicted octanol–water partition coefficient (Wildman–Crippen LogP) is 3.00. The van der Waals surface area contributed by atoms with Crippen molar-refractivity contribution < 1.29 is 9.53 Å². The summed E-state index contributed by atoms with van der Waals surface area (Å²) in [4.78, 5) is 14.1. The highest BCUT2D eigenvalue weighted by molar-refractivity contribution is 8.00. The van der Waals surface area contributed by atoms with Crippen LogP contribution in [0.2, 0.25) is 0 Å². The number of amides is 1. The Morgan fingerprint density at radius 3 is 2.91 bits per heavy atom. The lowest BCUT2D eigenvalue weighted by molar-refractivity contribution is -0.128. The van der Waals surface area contributed by atoms with Gasteiger partial charge in [-0.05, 0) is 18.9 Å². The Morgan fingerprint density at radius 1 is 1.39 bits per heavy atom. The van der Waals surface area contributed by atoms with Gasteiger partial charge < -0.3 is 9.64 Å². The number of nitrogens with one attached hydrogen (secondary N) is 1. The molecule has 1 atom stereocenters. The molecule has 1 saturated heterocycles. The van der Waals surface area contributed by atoms with Crippen LogP contribution in [0.4, 0.5) is 0 Å². The number of rotatable bonds is 6. The van der Waals surface area contributed by atoms with Crippen molar-refractivity contribution in [3.05, 3.63) is 41.6 Å². The molecular weight excluding hydrogens is 310 g/mol. The monoisotopic (exact) mass is 331 g/mol. The number of carbonyl (C=O) groups excluding carboxylic acids is 1. The number of benzene rings is 1. The molecule has 2 aromatic rings. The van der Waals surface area contributed by atoms with Crippen LogP contribution in [0.15, 0.2) is 30.5 Å². The van der Waals surface area contributed by atoms with Crippen molar-refractivity contribution >= 4 is 17.7 Å². The molecule has 3 rings (SSSR count). The molecule has 1 aromatic heterocycles. The number of methoxy groups -OCH3 is 1. The molecule has 1 aliphatic heterocycles. The average molecular weight is 331 g/mol. The molecule has 1 fully saturated rings. The van der Waals surface area contributed by atoms with Gasteiger partial charge in [-0.2, -0.15) is 5.10 Å². The van der Waals surface area contributed by atoms with Gasteiger partial charge in [-0.15, -0.1) is 11.8 Å². The van der Waals surface area contributed by atoms with E-state index >= 15 is 0 Å². The van der Waals surface area contributed by atoms with Crippen LogP contribution in [0.3, 0.4) is 0 Å². The van der Waals surface area contributed by atoms with Crippen LogP contribution in [0.25, 0.3) is 11.3 Å². The van der Waals surface area contributed by atoms with E-state index in [0.29, 0.717) is 18.9 Å². The summed E-state index contributed by atoms with van der Waals surface area (Å²) in [7, 11) is 1.68. The van der Waals surface area contributed by atoms with Crippen LogP contribution in [0.5, 0.6) is 0 Å². The zero-order chi connectivity index (χ0) is 16.2. The minimum absolute atomic E-state index is 0.0226. The summed E-state index contributed by atoms with van der Waals surface area (Å²) in [5.74, 6) is 0.711. The molecule has 1 N–H and O–H groups in total. The molecule has 1 aromatic carbocycles. The molecule has 0 spiro atoms. The molecule has 1 aliphatic rings. The molecule has 1 amide bonds. The van der Waals surface area contributed by atoms with Gasteiger partial charge in [0.05, 0.1) is 17.6 Å². The first kappa shape index (κ1) is 16.1. The molecule has 122 valence electrons. The number of aryl methyl sites for hydroxylation is 1. The Hall–Kier alpha value is -1.79. The first-order valence-electron chi connectivity index (χ1n) is 7.71. The van der Waals surface area contributed by atoms with Crippen LogP contribution in [0.1, 0.15) is 22.9 Å². The Bertz CT molecular complexity index is 669. The third-order valence-corrected chi connectivity index (χ3v) is 5.23. The summed E-state index contributed by atoms with van der Waals surface area (Å²) >= 11 is 1.66. The lowest BCUT2D eigenvalue weighted by atomic mass is 10.1. The van der Waals surface area contributed by atoms with E-state index in [-0.39, 0.29) is 11.3 Å². The molecule has 0 radical (unpaired) electrons. The Morgan fingerprint density at radius 2 is 2.17 bits per heavy atom. The molecule has 2 heterocycles. The summed E-state index contributed by atoms with van der Waals surface area (Å²) in [6, 6.07) is 8.35. The molecule has 0 aliphatic carbocycles. The van der Waals surface area contributed by atoms with Crippen molar-refractivity contribution in [2.45, 2.75) is 18.7 Å². The highest BCUT2D eigenvalue weighted by atomic mass is 32.2. The zero-order valence-corrected chi connectivity index (χ0v) is 14.2. The molecular formula is C17H21N3O2S. The van der Waals surface area contributed by atoms with Crippen molar-refractivity contribution in [1.82, 2.24) is 15.1 Å². The zero-order valence-electron chi connectivity index (χ0n) is 13.4. The van der Waals surface area contributed by atoms with Gasteiger partial charge in [0, 0.05) is 25.8 Å². The van der Waals surface area contributed by atoms with Crippen LogP contribution in [-0.4, -0.2) is 47.0 Å². The van der Waals surface area contributed by atoms with Gasteiger partial charge in [-0.1, -0.05) is 29.8 Å². The first-order chi connectivity index (χ1) is 11.2. The van der Waals surface area contributed by atoms with E-state index in [1.807, 2.05) is 11.1 Å². The van der Waals surface area contributed by atoms with E-state index < -0.39 is 0 Å². The van der Waals surface area contributed by atoms with Gasteiger partial charge in [-0.3, -0.25) is 9.89 Å². The molecule has 0 bridgehead atoms. The standard InChI is InChI=1S/C17H21N3O2S/c1-12-4-6-13(7-5-12)16-14(10-18-19-16)17-20(8-3-9-22-2)15(21)11-23-17/h4-7,10,17H,3,8-9,11H2,1-2H3,(H,18,19). The second-order valence-corrected chi connectivity index (χ2v) is 6.73. The number of nitrogens with zero attached hydrogens (tertiary/aromatic N) is 2. The number of hydrogen-bond acceptors (Lipinski definition) is 4. The maximum Gasteiger partial charge on any atom is 0.233 e. The lowest BCUT2D eigenvalue weighted by Gasteiger charge is -2.24. The van der Waals surface area contributed by atoms with Gasteiger partial charge >= 0.3 is 0 Å². The van der Waals surface area contributed by atoms with Crippen molar-refractivity contribution in [3.8, 4) is 11.3 Å². The van der Waals surface area contributed by atoms with Gasteiger partial charge in [0.2, 0.25) is 5.91 Å². The number of ether oxygens (including phenoxy) is 1. The quantitative estimate of drug-likeness (QED) is 0.827. The molecule has 5 nitrogen and oxygen atoms in total. The van der Waals surface area contributed by atoms with Crippen molar-refractivity contribution in [2.75, 3.05) is 26.0 Å². The number of aromatic amines is 1. The topological polar surface area (TPSA) is 58.2 Å². The molecule has 23 heavy (non-hydrogen) atoms. The summed E-state index contributed by atoms with van der Waals surface area (Å²) < 4.78 is 5.10. The first-order valence-corrected chi connectivity index (χ1v) is 8.76. The maximum absolute atomic E-state index is 12.2. The summed E-state index contributed by atoms with van der Waals surface area (Å²) in [5, 5.41) is 7.34. The molecule has 1 unspecified atom stereocenters. The number of aromatic nitrogens is 2. The minimum atomic E-state index is 0.0226. The third-order valence-electron chi connectivity index (χ3n) is 3.99. The van der Waals surface area contributed by atoms with Gasteiger partial charge in [0.15, 0.2) is 0 Å². The number of thioether (sulfide) groups is 1. The number of hydrogen-bond donors (Lipinski definition) is 1. The van der Waals surface area contributed by atoms with Crippen LogP contribution >= 0.6 is 11.8 Å².